The Labute approximate surface area is 177 Å². The van der Waals surface area contributed by atoms with Gasteiger partial charge in [0.15, 0.2) is 0 Å². The number of rotatable bonds is 6. The average Bonchev–Trinajstić information content (AvgIpc) is 3.30. The van der Waals surface area contributed by atoms with Crippen molar-refractivity contribution in [1.29, 1.82) is 0 Å². The fourth-order valence-electron chi connectivity index (χ4n) is 4.68. The van der Waals surface area contributed by atoms with Crippen LogP contribution in [0.3, 0.4) is 0 Å². The lowest BCUT2D eigenvalue weighted by molar-refractivity contribution is -0.120. The van der Waals surface area contributed by atoms with Gasteiger partial charge in [-0.1, -0.05) is 36.2 Å². The molecule has 2 aliphatic carbocycles. The first-order valence-corrected chi connectivity index (χ1v) is 11.8. The van der Waals surface area contributed by atoms with Gasteiger partial charge in [0.25, 0.3) is 10.0 Å². The van der Waals surface area contributed by atoms with Crippen molar-refractivity contribution in [3.8, 4) is 0 Å². The topological polar surface area (TPSA) is 66.5 Å². The number of sulfonamides is 1. The number of benzene rings is 2. The molecule has 7 heteroatoms. The van der Waals surface area contributed by atoms with Crippen LogP contribution in [-0.2, 0) is 14.8 Å². The summed E-state index contributed by atoms with van der Waals surface area (Å²) in [7, 11) is -3.92. The van der Waals surface area contributed by atoms with E-state index in [-0.39, 0.29) is 23.4 Å². The number of nitrogens with zero attached hydrogens (tertiary/aromatic N) is 1. The number of anilines is 1. The van der Waals surface area contributed by atoms with E-state index in [2.05, 4.69) is 5.32 Å². The van der Waals surface area contributed by atoms with Gasteiger partial charge in [0.1, 0.15) is 6.54 Å². The average molecular weight is 433 g/mol. The number of fused-ring (bicyclic) bond motifs is 2. The van der Waals surface area contributed by atoms with Gasteiger partial charge in [-0.05, 0) is 73.9 Å². The molecule has 2 aromatic rings. The minimum Gasteiger partial charge on any atom is -0.352 e. The summed E-state index contributed by atoms with van der Waals surface area (Å²) in [5, 5.41) is 3.56. The summed E-state index contributed by atoms with van der Waals surface area (Å²) in [5.74, 6) is 0.975. The molecule has 2 aromatic carbocycles. The molecule has 0 saturated heterocycles. The van der Waals surface area contributed by atoms with E-state index in [0.29, 0.717) is 22.5 Å². The zero-order chi connectivity index (χ0) is 20.6. The van der Waals surface area contributed by atoms with Crippen LogP contribution in [0, 0.1) is 18.8 Å². The van der Waals surface area contributed by atoms with Crippen molar-refractivity contribution in [2.24, 2.45) is 11.8 Å². The fraction of sp³-hybridized carbons (Fsp3) is 0.409. The summed E-state index contributed by atoms with van der Waals surface area (Å²) < 4.78 is 28.0. The molecule has 2 bridgehead atoms. The van der Waals surface area contributed by atoms with Gasteiger partial charge in [0.05, 0.1) is 10.6 Å². The highest BCUT2D eigenvalue weighted by atomic mass is 35.5. The van der Waals surface area contributed by atoms with Crippen molar-refractivity contribution < 1.29 is 13.2 Å². The monoisotopic (exact) mass is 432 g/mol. The third kappa shape index (κ3) is 4.14. The molecule has 2 saturated carbocycles. The van der Waals surface area contributed by atoms with Crippen LogP contribution in [0.1, 0.15) is 31.2 Å². The van der Waals surface area contributed by atoms with Crippen LogP contribution in [0.5, 0.6) is 0 Å². The second-order valence-corrected chi connectivity index (χ2v) is 10.4. The predicted molar refractivity (Wildman–Crippen MR) is 115 cm³/mol. The van der Waals surface area contributed by atoms with Gasteiger partial charge >= 0.3 is 0 Å². The van der Waals surface area contributed by atoms with Gasteiger partial charge in [0, 0.05) is 11.1 Å². The summed E-state index contributed by atoms with van der Waals surface area (Å²) in [4.78, 5) is 13.0. The zero-order valence-electron chi connectivity index (χ0n) is 16.3. The minimum atomic E-state index is -3.92. The van der Waals surface area contributed by atoms with Crippen molar-refractivity contribution in [2.45, 2.75) is 43.5 Å². The Morgan fingerprint density at radius 1 is 1.10 bits per heavy atom. The second kappa shape index (κ2) is 8.00. The first kappa shape index (κ1) is 20.2. The van der Waals surface area contributed by atoms with E-state index < -0.39 is 10.0 Å². The zero-order valence-corrected chi connectivity index (χ0v) is 17.9. The maximum absolute atomic E-state index is 13.4. The van der Waals surface area contributed by atoms with E-state index in [1.54, 1.807) is 24.3 Å². The number of carbonyl (C=O) groups excluding carboxylic acids is 1. The van der Waals surface area contributed by atoms with E-state index in [1.165, 1.54) is 29.3 Å². The van der Waals surface area contributed by atoms with Crippen LogP contribution < -0.4 is 9.62 Å². The van der Waals surface area contributed by atoms with Crippen LogP contribution in [-0.4, -0.2) is 26.9 Å². The minimum absolute atomic E-state index is 0.109. The van der Waals surface area contributed by atoms with Crippen LogP contribution in [0.15, 0.2) is 53.4 Å². The number of carbonyl (C=O) groups is 1. The highest BCUT2D eigenvalue weighted by Gasteiger charge is 2.40. The number of aryl methyl sites for hydroxylation is 1. The number of nitrogens with one attached hydrogen (secondary N) is 1. The fourth-order valence-corrected chi connectivity index (χ4v) is 6.29. The molecule has 4 rings (SSSR count). The number of hydrogen-bond donors (Lipinski definition) is 1. The Balaban J connectivity index is 1.61. The molecule has 2 fully saturated rings. The first-order valence-electron chi connectivity index (χ1n) is 9.98. The van der Waals surface area contributed by atoms with Crippen molar-refractivity contribution in [2.75, 3.05) is 10.8 Å². The van der Waals surface area contributed by atoms with Gasteiger partial charge in [0.2, 0.25) is 5.91 Å². The highest BCUT2D eigenvalue weighted by molar-refractivity contribution is 7.92. The molecule has 3 atom stereocenters. The molecule has 0 aliphatic heterocycles. The Morgan fingerprint density at radius 3 is 2.45 bits per heavy atom. The number of halogens is 1. The van der Waals surface area contributed by atoms with Crippen molar-refractivity contribution >= 4 is 33.2 Å². The molecule has 0 heterocycles. The third-order valence-corrected chi connectivity index (χ3v) is 8.18. The van der Waals surface area contributed by atoms with Crippen LogP contribution in [0.2, 0.25) is 5.02 Å². The third-order valence-electron chi connectivity index (χ3n) is 6.16. The largest absolute Gasteiger partial charge is 0.352 e. The lowest BCUT2D eigenvalue weighted by Crippen LogP contribution is -2.46. The number of amides is 1. The molecular weight excluding hydrogens is 408 g/mol. The summed E-state index contributed by atoms with van der Waals surface area (Å²) in [6, 6.07) is 13.4. The molecule has 1 N–H and O–H groups in total. The Morgan fingerprint density at radius 2 is 1.83 bits per heavy atom. The van der Waals surface area contributed by atoms with Gasteiger partial charge in [-0.3, -0.25) is 9.10 Å². The van der Waals surface area contributed by atoms with E-state index in [9.17, 15) is 13.2 Å². The molecule has 29 heavy (non-hydrogen) atoms. The lowest BCUT2D eigenvalue weighted by atomic mass is 9.95. The standard InChI is InChI=1S/C22H25ClN2O3S/c1-15-4-2-3-5-21(15)25(29(27,28)19-10-8-18(23)9-11-19)14-22(26)24-20-13-16-6-7-17(20)12-16/h2-5,8-11,16-17,20H,6-7,12-14H2,1H3,(H,24,26)/t16-,17-,20-/m0/s1. The molecule has 0 aromatic heterocycles. The SMILES string of the molecule is Cc1ccccc1N(CC(=O)N[C@H]1C[C@H]2CC[C@H]1C2)S(=O)(=O)c1ccc(Cl)cc1. The van der Waals surface area contributed by atoms with Gasteiger partial charge < -0.3 is 5.32 Å². The molecule has 1 amide bonds. The quantitative estimate of drug-likeness (QED) is 0.745. The lowest BCUT2D eigenvalue weighted by Gasteiger charge is -2.28. The smallest absolute Gasteiger partial charge is 0.264 e. The summed E-state index contributed by atoms with van der Waals surface area (Å²) in [6.45, 7) is 1.59. The van der Waals surface area contributed by atoms with E-state index in [1.807, 2.05) is 19.1 Å². The van der Waals surface area contributed by atoms with Crippen LogP contribution in [0.4, 0.5) is 5.69 Å². The van der Waals surface area contributed by atoms with Crippen LogP contribution >= 0.6 is 11.6 Å². The van der Waals surface area contributed by atoms with E-state index in [4.69, 9.17) is 11.6 Å². The number of para-hydroxylation sites is 1. The Bertz CT molecular complexity index is 1010. The molecule has 154 valence electrons. The molecule has 0 unspecified atom stereocenters. The molecular formula is C22H25ClN2O3S. The number of hydrogen-bond acceptors (Lipinski definition) is 3. The normalized spacial score (nSPS) is 23.2. The highest BCUT2D eigenvalue weighted by Crippen LogP contribution is 2.44. The van der Waals surface area contributed by atoms with E-state index in [0.717, 1.165) is 18.4 Å². The van der Waals surface area contributed by atoms with Crippen molar-refractivity contribution in [3.05, 3.63) is 59.1 Å². The van der Waals surface area contributed by atoms with Crippen molar-refractivity contribution in [1.82, 2.24) is 5.32 Å². The van der Waals surface area contributed by atoms with Crippen LogP contribution in [0.25, 0.3) is 0 Å². The van der Waals surface area contributed by atoms with Gasteiger partial charge in [-0.15, -0.1) is 0 Å². The van der Waals surface area contributed by atoms with Crippen molar-refractivity contribution in [3.63, 3.8) is 0 Å². The maximum atomic E-state index is 13.4. The first-order chi connectivity index (χ1) is 13.8. The predicted octanol–water partition coefficient (Wildman–Crippen LogP) is 4.15. The Kier molecular flexibility index (Phi) is 5.58. The maximum Gasteiger partial charge on any atom is 0.264 e. The summed E-state index contributed by atoms with van der Waals surface area (Å²) in [6.07, 6.45) is 4.58. The van der Waals surface area contributed by atoms with E-state index >= 15 is 0 Å². The van der Waals surface area contributed by atoms with Gasteiger partial charge in [-0.25, -0.2) is 8.42 Å². The summed E-state index contributed by atoms with van der Waals surface area (Å²) in [5.41, 5.74) is 1.29. The molecule has 2 aliphatic rings. The Hall–Kier alpha value is -2.05. The molecule has 0 radical (unpaired) electrons. The second-order valence-electron chi connectivity index (χ2n) is 8.10. The van der Waals surface area contributed by atoms with Gasteiger partial charge in [-0.2, -0.15) is 0 Å². The summed E-state index contributed by atoms with van der Waals surface area (Å²) >= 11 is 5.92. The molecule has 0 spiro atoms. The molecule has 5 nitrogen and oxygen atoms in total.